The van der Waals surface area contributed by atoms with Crippen LogP contribution in [0.3, 0.4) is 0 Å². The largest absolute Gasteiger partial charge is 0.460 e. The third kappa shape index (κ3) is 5.88. The van der Waals surface area contributed by atoms with Crippen LogP contribution >= 0.6 is 23.2 Å². The highest BCUT2D eigenvalue weighted by atomic mass is 35.5. The number of rotatable bonds is 11. The van der Waals surface area contributed by atoms with Gasteiger partial charge >= 0.3 is 5.97 Å². The molecule has 0 aromatic heterocycles. The fourth-order valence-electron chi connectivity index (χ4n) is 3.74. The first-order valence-electron chi connectivity index (χ1n) is 10.2. The molecule has 1 aliphatic carbocycles. The highest BCUT2D eigenvalue weighted by Gasteiger charge is 2.61. The van der Waals surface area contributed by atoms with Crippen molar-refractivity contribution in [3.05, 3.63) is 39.1 Å². The van der Waals surface area contributed by atoms with Crippen molar-refractivity contribution in [1.82, 2.24) is 0 Å². The zero-order valence-electron chi connectivity index (χ0n) is 18.1. The topological polar surface area (TPSA) is 47.6 Å². The van der Waals surface area contributed by atoms with Crippen molar-refractivity contribution >= 4 is 34.9 Å². The summed E-state index contributed by atoms with van der Waals surface area (Å²) in [6.45, 7) is 5.02. The van der Waals surface area contributed by atoms with Gasteiger partial charge in [0.15, 0.2) is 17.5 Å². The highest BCUT2D eigenvalue weighted by molar-refractivity contribution is 6.55. The van der Waals surface area contributed by atoms with Crippen LogP contribution in [0.25, 0.3) is 0 Å². The minimum atomic E-state index is -1.36. The van der Waals surface area contributed by atoms with Crippen LogP contribution in [-0.4, -0.2) is 19.6 Å². The molecule has 1 N–H and O–H groups in total. The van der Waals surface area contributed by atoms with Gasteiger partial charge in [-0.15, -0.1) is 0 Å². The second-order valence-corrected chi connectivity index (χ2v) is 9.24. The Hall–Kier alpha value is -1.44. The van der Waals surface area contributed by atoms with Crippen LogP contribution in [0.15, 0.2) is 10.6 Å². The molecule has 0 heterocycles. The molecule has 1 aliphatic rings. The van der Waals surface area contributed by atoms with Crippen molar-refractivity contribution in [3.8, 4) is 0 Å². The maximum Gasteiger partial charge on any atom is 0.310 e. The quantitative estimate of drug-likeness (QED) is 0.223. The Kier molecular flexibility index (Phi) is 9.10. The van der Waals surface area contributed by atoms with Gasteiger partial charge in [-0.1, -0.05) is 56.8 Å². The molecule has 9 heteroatoms. The van der Waals surface area contributed by atoms with Crippen molar-refractivity contribution in [2.24, 2.45) is 17.3 Å². The smallest absolute Gasteiger partial charge is 0.310 e. The summed E-state index contributed by atoms with van der Waals surface area (Å²) in [5, 5.41) is 2.83. The number of methoxy groups -OCH3 is 1. The molecule has 0 saturated heterocycles. The van der Waals surface area contributed by atoms with E-state index in [2.05, 4.69) is 5.32 Å². The lowest BCUT2D eigenvalue weighted by Crippen LogP contribution is -2.17. The van der Waals surface area contributed by atoms with E-state index < -0.39 is 53.5 Å². The van der Waals surface area contributed by atoms with Crippen molar-refractivity contribution in [2.75, 3.05) is 19.0 Å². The Balaban J connectivity index is 2.26. The monoisotopic (exact) mass is 481 g/mol. The van der Waals surface area contributed by atoms with E-state index >= 15 is 0 Å². The number of unbranched alkanes of at least 4 members (excludes halogenated alkanes) is 2. The Morgan fingerprint density at radius 1 is 1.10 bits per heavy atom. The van der Waals surface area contributed by atoms with Crippen LogP contribution in [0.4, 0.5) is 18.9 Å². The molecule has 0 radical (unpaired) electrons. The van der Waals surface area contributed by atoms with Gasteiger partial charge in [0.1, 0.15) is 11.1 Å². The first-order valence-corrected chi connectivity index (χ1v) is 10.9. The summed E-state index contributed by atoms with van der Waals surface area (Å²) < 4.78 is 54.3. The molecule has 1 aromatic carbocycles. The number of benzene rings is 1. The number of ether oxygens (including phenoxy) is 2. The van der Waals surface area contributed by atoms with Gasteiger partial charge in [-0.3, -0.25) is 4.79 Å². The number of nitrogens with one attached hydrogen (secondary N) is 1. The minimum absolute atomic E-state index is 0.0378. The molecule has 1 aromatic rings. The normalized spacial score (nSPS) is 19.1. The van der Waals surface area contributed by atoms with Gasteiger partial charge in [0.05, 0.1) is 29.3 Å². The first-order chi connectivity index (χ1) is 14.6. The van der Waals surface area contributed by atoms with Crippen LogP contribution in [0.5, 0.6) is 0 Å². The Bertz CT molecular complexity index is 842. The summed E-state index contributed by atoms with van der Waals surface area (Å²) in [6.07, 6.45) is 4.11. The summed E-state index contributed by atoms with van der Waals surface area (Å²) in [5.74, 6) is -4.96. The molecule has 31 heavy (non-hydrogen) atoms. The van der Waals surface area contributed by atoms with Gasteiger partial charge < -0.3 is 14.8 Å². The van der Waals surface area contributed by atoms with Crippen LogP contribution in [0.2, 0.25) is 0 Å². The molecule has 0 unspecified atom stereocenters. The van der Waals surface area contributed by atoms with E-state index in [4.69, 9.17) is 32.7 Å². The van der Waals surface area contributed by atoms with E-state index in [0.29, 0.717) is 6.54 Å². The van der Waals surface area contributed by atoms with Crippen LogP contribution in [0.1, 0.15) is 51.2 Å². The predicted octanol–water partition coefficient (Wildman–Crippen LogP) is 6.49. The molecule has 2 rings (SSSR count). The third-order valence-corrected chi connectivity index (χ3v) is 5.96. The first kappa shape index (κ1) is 25.8. The Morgan fingerprint density at radius 3 is 2.32 bits per heavy atom. The van der Waals surface area contributed by atoms with E-state index in [9.17, 15) is 18.0 Å². The van der Waals surface area contributed by atoms with Gasteiger partial charge in [0.2, 0.25) is 0 Å². The number of carbonyl (C=O) groups is 1. The molecule has 174 valence electrons. The van der Waals surface area contributed by atoms with Gasteiger partial charge in [0.25, 0.3) is 0 Å². The Morgan fingerprint density at radius 2 is 1.74 bits per heavy atom. The summed E-state index contributed by atoms with van der Waals surface area (Å²) >= 11 is 11.4. The van der Waals surface area contributed by atoms with Crippen molar-refractivity contribution < 1.29 is 27.4 Å². The second kappa shape index (κ2) is 10.9. The zero-order chi connectivity index (χ0) is 23.3. The molecular formula is C22H28Cl2F3NO3. The summed E-state index contributed by atoms with van der Waals surface area (Å²) in [5.41, 5.74) is -1.55. The lowest BCUT2D eigenvalue weighted by Gasteiger charge is -2.18. The molecule has 1 saturated carbocycles. The Labute approximate surface area is 191 Å². The molecule has 1 fully saturated rings. The fraction of sp³-hybridized carbons (Fsp3) is 0.591. The molecule has 0 amide bonds. The zero-order valence-corrected chi connectivity index (χ0v) is 19.6. The van der Waals surface area contributed by atoms with Crippen LogP contribution < -0.4 is 5.32 Å². The number of halogens is 5. The number of hydrogen-bond donors (Lipinski definition) is 1. The van der Waals surface area contributed by atoms with Gasteiger partial charge in [0, 0.05) is 13.7 Å². The van der Waals surface area contributed by atoms with E-state index in [-0.39, 0.29) is 21.7 Å². The molecular weight excluding hydrogens is 454 g/mol. The van der Waals surface area contributed by atoms with Crippen molar-refractivity contribution in [1.29, 1.82) is 0 Å². The molecule has 4 nitrogen and oxygen atoms in total. The number of esters is 1. The minimum Gasteiger partial charge on any atom is -0.460 e. The highest BCUT2D eigenvalue weighted by Crippen LogP contribution is 2.60. The van der Waals surface area contributed by atoms with Gasteiger partial charge in [-0.2, -0.15) is 0 Å². The summed E-state index contributed by atoms with van der Waals surface area (Å²) in [6, 6.07) is 0. The second-order valence-electron chi connectivity index (χ2n) is 8.23. The number of allylic oxidation sites excluding steroid dienone is 1. The number of hydrogen-bond acceptors (Lipinski definition) is 4. The fourth-order valence-corrected chi connectivity index (χ4v) is 4.01. The summed E-state index contributed by atoms with van der Waals surface area (Å²) in [7, 11) is 1.26. The van der Waals surface area contributed by atoms with Crippen molar-refractivity contribution in [3.63, 3.8) is 0 Å². The third-order valence-electron chi connectivity index (χ3n) is 5.71. The van der Waals surface area contributed by atoms with E-state index in [1.54, 1.807) is 6.08 Å². The average molecular weight is 482 g/mol. The van der Waals surface area contributed by atoms with E-state index in [1.807, 2.05) is 20.8 Å². The number of anilines is 1. The molecule has 0 bridgehead atoms. The van der Waals surface area contributed by atoms with Crippen LogP contribution in [-0.2, 0) is 27.5 Å². The molecule has 2 atom stereocenters. The van der Waals surface area contributed by atoms with Crippen molar-refractivity contribution in [2.45, 2.75) is 53.2 Å². The van der Waals surface area contributed by atoms with Gasteiger partial charge in [-0.05, 0) is 23.8 Å². The molecule has 0 spiro atoms. The summed E-state index contributed by atoms with van der Waals surface area (Å²) in [4.78, 5) is 12.6. The standard InChI is InChI=1S/C22H28Cl2F3NO3/c1-5-6-7-8-28-20-13(18(26)17(25)12(10-30-4)19(20)27)11-31-21(29)16-14(9-15(23)24)22(16,2)3/h9,14,16,28H,5-8,10-11H2,1-4H3/t14-,16+/m1/s1. The van der Waals surface area contributed by atoms with Gasteiger partial charge in [-0.25, -0.2) is 13.2 Å². The van der Waals surface area contributed by atoms with E-state index in [1.165, 1.54) is 7.11 Å². The maximum absolute atomic E-state index is 15.0. The number of carbonyl (C=O) groups excluding carboxylic acids is 1. The van der Waals surface area contributed by atoms with E-state index in [0.717, 1.165) is 19.3 Å². The lowest BCUT2D eigenvalue weighted by molar-refractivity contribution is -0.147. The predicted molar refractivity (Wildman–Crippen MR) is 115 cm³/mol. The maximum atomic E-state index is 15.0. The average Bonchev–Trinajstić information content (AvgIpc) is 3.24. The molecule has 0 aliphatic heterocycles. The lowest BCUT2D eigenvalue weighted by atomic mass is 10.1. The van der Waals surface area contributed by atoms with Crippen LogP contribution in [0, 0.1) is 34.7 Å². The SMILES string of the molecule is CCCCCNc1c(F)c(COC)c(F)c(F)c1COC(=O)[C@@H]1[C@@H](C=C(Cl)Cl)C1(C)C.